The Hall–Kier alpha value is -2.50. The molecule has 6 nitrogen and oxygen atoms in total. The fraction of sp³-hybridized carbons (Fsp3) is 0.286. The highest BCUT2D eigenvalue weighted by molar-refractivity contribution is 5.93. The molecular formula is C14H16N2O4. The van der Waals surface area contributed by atoms with E-state index in [0.29, 0.717) is 11.3 Å². The van der Waals surface area contributed by atoms with Crippen LogP contribution in [0.4, 0.5) is 0 Å². The summed E-state index contributed by atoms with van der Waals surface area (Å²) >= 11 is 0. The van der Waals surface area contributed by atoms with Gasteiger partial charge in [0.15, 0.2) is 5.69 Å². The summed E-state index contributed by atoms with van der Waals surface area (Å²) in [4.78, 5) is 22.9. The molecule has 0 unspecified atom stereocenters. The van der Waals surface area contributed by atoms with Crippen LogP contribution in [0.3, 0.4) is 0 Å². The highest BCUT2D eigenvalue weighted by Crippen LogP contribution is 2.31. The van der Waals surface area contributed by atoms with Crippen LogP contribution < -0.4 is 10.3 Å². The van der Waals surface area contributed by atoms with Crippen LogP contribution >= 0.6 is 0 Å². The van der Waals surface area contributed by atoms with E-state index in [2.05, 4.69) is 10.2 Å². The van der Waals surface area contributed by atoms with Gasteiger partial charge in [0, 0.05) is 0 Å². The van der Waals surface area contributed by atoms with Crippen LogP contribution in [-0.2, 0) is 0 Å². The number of hydrogen-bond acceptors (Lipinski definition) is 3. The lowest BCUT2D eigenvalue weighted by Crippen LogP contribution is -2.06. The predicted molar refractivity (Wildman–Crippen MR) is 74.4 cm³/mol. The molecule has 0 aliphatic rings. The summed E-state index contributed by atoms with van der Waals surface area (Å²) in [6, 6.07) is 5.20. The summed E-state index contributed by atoms with van der Waals surface area (Å²) < 4.78 is 5.28. The largest absolute Gasteiger partial charge is 0.496 e. The molecule has 3 N–H and O–H groups in total. The number of nitrogens with one attached hydrogen (secondary N) is 2. The SMILES string of the molecule is COc1ccc(-c2c(C(=O)O)[nH][nH]c2=O)cc1C(C)C. The van der Waals surface area contributed by atoms with Crippen LogP contribution in [0, 0.1) is 0 Å². The zero-order valence-corrected chi connectivity index (χ0v) is 11.5. The molecular weight excluding hydrogens is 260 g/mol. The molecule has 0 bridgehead atoms. The number of carboxylic acid groups (broad SMARTS) is 1. The number of aromatic carboxylic acids is 1. The number of methoxy groups -OCH3 is 1. The van der Waals surface area contributed by atoms with E-state index in [-0.39, 0.29) is 17.2 Å². The van der Waals surface area contributed by atoms with Gasteiger partial charge in [-0.2, -0.15) is 0 Å². The van der Waals surface area contributed by atoms with Crippen molar-refractivity contribution >= 4 is 5.97 Å². The first kappa shape index (κ1) is 13.9. The zero-order chi connectivity index (χ0) is 14.9. The summed E-state index contributed by atoms with van der Waals surface area (Å²) in [5.74, 6) is -0.274. The third-order valence-corrected chi connectivity index (χ3v) is 3.13. The van der Waals surface area contributed by atoms with E-state index >= 15 is 0 Å². The van der Waals surface area contributed by atoms with Gasteiger partial charge in [-0.3, -0.25) is 15.0 Å². The maximum absolute atomic E-state index is 11.8. The van der Waals surface area contributed by atoms with E-state index < -0.39 is 11.5 Å². The second-order valence-electron chi connectivity index (χ2n) is 4.75. The van der Waals surface area contributed by atoms with E-state index in [9.17, 15) is 9.59 Å². The van der Waals surface area contributed by atoms with Gasteiger partial charge in [0.1, 0.15) is 5.75 Å². The molecule has 1 heterocycles. The molecule has 0 saturated carbocycles. The van der Waals surface area contributed by atoms with Gasteiger partial charge in [0.2, 0.25) is 0 Å². The van der Waals surface area contributed by atoms with E-state index in [4.69, 9.17) is 9.84 Å². The van der Waals surface area contributed by atoms with Crippen molar-refractivity contribution in [3.8, 4) is 16.9 Å². The van der Waals surface area contributed by atoms with Gasteiger partial charge < -0.3 is 9.84 Å². The molecule has 1 aromatic heterocycles. The summed E-state index contributed by atoms with van der Waals surface area (Å²) in [7, 11) is 1.58. The van der Waals surface area contributed by atoms with Gasteiger partial charge >= 0.3 is 5.97 Å². The average molecular weight is 276 g/mol. The second-order valence-corrected chi connectivity index (χ2v) is 4.75. The van der Waals surface area contributed by atoms with Crippen LogP contribution in [-0.4, -0.2) is 28.4 Å². The van der Waals surface area contributed by atoms with Crippen LogP contribution in [0.15, 0.2) is 23.0 Å². The Morgan fingerprint density at radius 1 is 1.30 bits per heavy atom. The molecule has 2 rings (SSSR count). The molecule has 2 aromatic rings. The van der Waals surface area contributed by atoms with E-state index in [1.807, 2.05) is 13.8 Å². The third-order valence-electron chi connectivity index (χ3n) is 3.13. The number of H-pyrrole nitrogens is 2. The quantitative estimate of drug-likeness (QED) is 0.797. The van der Waals surface area contributed by atoms with Gasteiger partial charge in [0.25, 0.3) is 5.56 Å². The molecule has 0 aliphatic carbocycles. The Morgan fingerprint density at radius 2 is 2.00 bits per heavy atom. The van der Waals surface area contributed by atoms with Gasteiger partial charge in [-0.15, -0.1) is 0 Å². The molecule has 20 heavy (non-hydrogen) atoms. The molecule has 1 aromatic carbocycles. The fourth-order valence-corrected chi connectivity index (χ4v) is 2.13. The predicted octanol–water partition coefficient (Wildman–Crippen LogP) is 2.20. The Kier molecular flexibility index (Phi) is 3.65. The maximum Gasteiger partial charge on any atom is 0.354 e. The number of aromatic amines is 2. The molecule has 106 valence electrons. The highest BCUT2D eigenvalue weighted by Gasteiger charge is 2.19. The number of rotatable bonds is 4. The minimum absolute atomic E-state index is 0.127. The molecule has 0 spiro atoms. The molecule has 0 radical (unpaired) electrons. The van der Waals surface area contributed by atoms with Crippen molar-refractivity contribution in [2.45, 2.75) is 19.8 Å². The van der Waals surface area contributed by atoms with Crippen LogP contribution in [0.5, 0.6) is 5.75 Å². The van der Waals surface area contributed by atoms with E-state index in [1.165, 1.54) is 0 Å². The summed E-state index contributed by atoms with van der Waals surface area (Å²) in [5.41, 5.74) is 0.996. The Morgan fingerprint density at radius 3 is 2.55 bits per heavy atom. The first-order valence-electron chi connectivity index (χ1n) is 6.18. The number of carboxylic acids is 1. The van der Waals surface area contributed by atoms with Crippen molar-refractivity contribution in [3.05, 3.63) is 39.8 Å². The van der Waals surface area contributed by atoms with Gasteiger partial charge in [-0.25, -0.2) is 4.79 Å². The number of benzene rings is 1. The molecule has 0 saturated heterocycles. The second kappa shape index (κ2) is 5.24. The molecule has 0 fully saturated rings. The van der Waals surface area contributed by atoms with Crippen molar-refractivity contribution < 1.29 is 14.6 Å². The zero-order valence-electron chi connectivity index (χ0n) is 11.5. The Balaban J connectivity index is 2.65. The Labute approximate surface area is 115 Å². The van der Waals surface area contributed by atoms with Crippen molar-refractivity contribution in [3.63, 3.8) is 0 Å². The monoisotopic (exact) mass is 276 g/mol. The molecule has 0 atom stereocenters. The smallest absolute Gasteiger partial charge is 0.354 e. The van der Waals surface area contributed by atoms with Crippen LogP contribution in [0.2, 0.25) is 0 Å². The lowest BCUT2D eigenvalue weighted by molar-refractivity contribution is 0.0691. The lowest BCUT2D eigenvalue weighted by atomic mass is 9.96. The summed E-state index contributed by atoms with van der Waals surface area (Å²) in [5, 5.41) is 13.8. The average Bonchev–Trinajstić information content (AvgIpc) is 2.80. The summed E-state index contributed by atoms with van der Waals surface area (Å²) in [6.45, 7) is 4.00. The van der Waals surface area contributed by atoms with Gasteiger partial charge in [-0.1, -0.05) is 19.9 Å². The first-order chi connectivity index (χ1) is 9.45. The van der Waals surface area contributed by atoms with Crippen LogP contribution in [0.25, 0.3) is 11.1 Å². The van der Waals surface area contributed by atoms with Gasteiger partial charge in [0.05, 0.1) is 12.7 Å². The fourth-order valence-electron chi connectivity index (χ4n) is 2.13. The summed E-state index contributed by atoms with van der Waals surface area (Å²) in [6.07, 6.45) is 0. The van der Waals surface area contributed by atoms with E-state index in [0.717, 1.165) is 5.56 Å². The molecule has 6 heteroatoms. The van der Waals surface area contributed by atoms with Crippen molar-refractivity contribution in [1.29, 1.82) is 0 Å². The molecule has 0 aliphatic heterocycles. The lowest BCUT2D eigenvalue weighted by Gasteiger charge is -2.13. The highest BCUT2D eigenvalue weighted by atomic mass is 16.5. The topological polar surface area (TPSA) is 95.2 Å². The van der Waals surface area contributed by atoms with Crippen molar-refractivity contribution in [1.82, 2.24) is 10.2 Å². The minimum Gasteiger partial charge on any atom is -0.496 e. The number of ether oxygens (including phenoxy) is 1. The number of aromatic nitrogens is 2. The maximum atomic E-state index is 11.8. The normalized spacial score (nSPS) is 10.8. The van der Waals surface area contributed by atoms with Crippen molar-refractivity contribution in [2.75, 3.05) is 7.11 Å². The first-order valence-corrected chi connectivity index (χ1v) is 6.18. The minimum atomic E-state index is -1.18. The number of hydrogen-bond donors (Lipinski definition) is 3. The molecule has 0 amide bonds. The van der Waals surface area contributed by atoms with E-state index in [1.54, 1.807) is 25.3 Å². The van der Waals surface area contributed by atoms with Crippen molar-refractivity contribution in [2.24, 2.45) is 0 Å². The number of carbonyl (C=O) groups is 1. The van der Waals surface area contributed by atoms with Gasteiger partial charge in [-0.05, 0) is 29.2 Å². The Bertz CT molecular complexity index is 697. The third kappa shape index (κ3) is 2.32. The standard InChI is InChI=1S/C14H16N2O4/c1-7(2)9-6-8(4-5-10(9)20-3)11-12(14(18)19)15-16-13(11)17/h4-7H,1-3H3,(H,18,19)(H2,15,16,17). The van der Waals surface area contributed by atoms with Crippen LogP contribution in [0.1, 0.15) is 35.8 Å².